The number of amides is 1. The quantitative estimate of drug-likeness (QED) is 0.902. The maximum Gasteiger partial charge on any atom is 0.251 e. The first-order valence-electron chi connectivity index (χ1n) is 4.74. The Balaban J connectivity index is 2.73. The lowest BCUT2D eigenvalue weighted by Gasteiger charge is -2.17. The summed E-state index contributed by atoms with van der Waals surface area (Å²) >= 11 is 9.08. The molecule has 0 heterocycles. The zero-order valence-electron chi connectivity index (χ0n) is 9.05. The van der Waals surface area contributed by atoms with Gasteiger partial charge in [-0.3, -0.25) is 4.79 Å². The maximum atomic E-state index is 11.7. The van der Waals surface area contributed by atoms with Crippen molar-refractivity contribution in [2.45, 2.75) is 19.4 Å². The first kappa shape index (κ1) is 13.5. The second-order valence-corrected chi connectivity index (χ2v) is 5.51. The highest BCUT2D eigenvalue weighted by atomic mass is 79.9. The molecule has 2 N–H and O–H groups in total. The Hall–Kier alpha value is -0.580. The summed E-state index contributed by atoms with van der Waals surface area (Å²) in [5.41, 5.74) is -0.463. The molecular weight excluding hydrogens is 293 g/mol. The van der Waals surface area contributed by atoms with Gasteiger partial charge in [0.15, 0.2) is 0 Å². The normalized spacial score (nSPS) is 11.3. The number of hydrogen-bond acceptors (Lipinski definition) is 2. The van der Waals surface area contributed by atoms with Crippen LogP contribution in [-0.4, -0.2) is 23.2 Å². The summed E-state index contributed by atoms with van der Waals surface area (Å²) < 4.78 is 0.744. The number of halogens is 2. The molecule has 1 aromatic carbocycles. The van der Waals surface area contributed by atoms with E-state index in [4.69, 9.17) is 11.6 Å². The Labute approximate surface area is 108 Å². The van der Waals surface area contributed by atoms with Gasteiger partial charge in [-0.2, -0.15) is 0 Å². The molecule has 1 amide bonds. The van der Waals surface area contributed by atoms with Gasteiger partial charge >= 0.3 is 0 Å². The molecule has 0 saturated carbocycles. The number of benzene rings is 1. The van der Waals surface area contributed by atoms with Crippen LogP contribution in [-0.2, 0) is 0 Å². The van der Waals surface area contributed by atoms with E-state index in [1.807, 2.05) is 0 Å². The largest absolute Gasteiger partial charge is 0.389 e. The fourth-order valence-corrected chi connectivity index (χ4v) is 1.94. The summed E-state index contributed by atoms with van der Waals surface area (Å²) in [5.74, 6) is -0.259. The van der Waals surface area contributed by atoms with Crippen LogP contribution in [0.25, 0.3) is 0 Å². The van der Waals surface area contributed by atoms with Crippen LogP contribution >= 0.6 is 27.5 Å². The number of aliphatic hydroxyl groups is 1. The van der Waals surface area contributed by atoms with Crippen molar-refractivity contribution in [1.82, 2.24) is 5.32 Å². The average molecular weight is 307 g/mol. The number of rotatable bonds is 3. The van der Waals surface area contributed by atoms with Crippen LogP contribution in [0.15, 0.2) is 22.7 Å². The first-order chi connectivity index (χ1) is 7.28. The summed E-state index contributed by atoms with van der Waals surface area (Å²) in [6.45, 7) is 3.44. The molecule has 16 heavy (non-hydrogen) atoms. The van der Waals surface area contributed by atoms with Gasteiger partial charge in [-0.15, -0.1) is 0 Å². The smallest absolute Gasteiger partial charge is 0.251 e. The van der Waals surface area contributed by atoms with Crippen LogP contribution in [0.3, 0.4) is 0 Å². The predicted octanol–water partition coefficient (Wildman–Crippen LogP) is 2.60. The molecule has 0 aliphatic carbocycles. The summed E-state index contributed by atoms with van der Waals surface area (Å²) in [5, 5.41) is 12.6. The van der Waals surface area contributed by atoms with E-state index in [-0.39, 0.29) is 12.5 Å². The zero-order valence-corrected chi connectivity index (χ0v) is 11.4. The maximum absolute atomic E-state index is 11.7. The van der Waals surface area contributed by atoms with E-state index < -0.39 is 5.60 Å². The van der Waals surface area contributed by atoms with Crippen LogP contribution in [0.4, 0.5) is 0 Å². The van der Waals surface area contributed by atoms with Gasteiger partial charge in [-0.05, 0) is 32.0 Å². The van der Waals surface area contributed by atoms with Crippen molar-refractivity contribution in [3.05, 3.63) is 33.3 Å². The molecule has 0 unspecified atom stereocenters. The summed E-state index contributed by atoms with van der Waals surface area (Å²) in [6, 6.07) is 4.95. The second-order valence-electron chi connectivity index (χ2n) is 4.15. The van der Waals surface area contributed by atoms with Gasteiger partial charge in [0.1, 0.15) is 0 Å². The van der Waals surface area contributed by atoms with Crippen molar-refractivity contribution in [3.63, 3.8) is 0 Å². The van der Waals surface area contributed by atoms with Gasteiger partial charge < -0.3 is 10.4 Å². The van der Waals surface area contributed by atoms with E-state index in [0.717, 1.165) is 4.47 Å². The standard InChI is InChI=1S/C11H13BrClNO2/c1-11(2,16)6-14-10(15)7-3-8(12)5-9(13)4-7/h3-5,16H,6H2,1-2H3,(H,14,15). The highest BCUT2D eigenvalue weighted by Crippen LogP contribution is 2.19. The van der Waals surface area contributed by atoms with Gasteiger partial charge in [-0.1, -0.05) is 27.5 Å². The van der Waals surface area contributed by atoms with Crippen LogP contribution in [0.1, 0.15) is 24.2 Å². The van der Waals surface area contributed by atoms with Gasteiger partial charge in [0, 0.05) is 21.6 Å². The highest BCUT2D eigenvalue weighted by Gasteiger charge is 2.15. The molecule has 0 saturated heterocycles. The monoisotopic (exact) mass is 305 g/mol. The van der Waals surface area contributed by atoms with Crippen molar-refractivity contribution < 1.29 is 9.90 Å². The molecular formula is C11H13BrClNO2. The third kappa shape index (κ3) is 4.51. The van der Waals surface area contributed by atoms with Crippen molar-refractivity contribution in [1.29, 1.82) is 0 Å². The fraction of sp³-hybridized carbons (Fsp3) is 0.364. The molecule has 5 heteroatoms. The SMILES string of the molecule is CC(C)(O)CNC(=O)c1cc(Cl)cc(Br)c1. The molecule has 0 radical (unpaired) electrons. The molecule has 0 aromatic heterocycles. The lowest BCUT2D eigenvalue weighted by Crippen LogP contribution is -2.38. The fourth-order valence-electron chi connectivity index (χ4n) is 1.08. The number of carbonyl (C=O) groups is 1. The van der Waals surface area contributed by atoms with Crippen LogP contribution < -0.4 is 5.32 Å². The third-order valence-corrected chi connectivity index (χ3v) is 2.48. The van der Waals surface area contributed by atoms with Gasteiger partial charge in [0.2, 0.25) is 0 Å². The number of hydrogen-bond donors (Lipinski definition) is 2. The van der Waals surface area contributed by atoms with Gasteiger partial charge in [0.05, 0.1) is 5.60 Å². The van der Waals surface area contributed by atoms with Crippen molar-refractivity contribution in [3.8, 4) is 0 Å². The van der Waals surface area contributed by atoms with E-state index in [1.54, 1.807) is 32.0 Å². The first-order valence-corrected chi connectivity index (χ1v) is 5.92. The molecule has 0 fully saturated rings. The van der Waals surface area contributed by atoms with E-state index in [2.05, 4.69) is 21.2 Å². The van der Waals surface area contributed by atoms with Gasteiger partial charge in [0.25, 0.3) is 5.91 Å². The third-order valence-electron chi connectivity index (χ3n) is 1.81. The zero-order chi connectivity index (χ0) is 12.3. The minimum absolute atomic E-state index is 0.190. The Morgan fingerprint density at radius 3 is 2.62 bits per heavy atom. The van der Waals surface area contributed by atoms with Crippen molar-refractivity contribution in [2.75, 3.05) is 6.54 Å². The summed E-state index contributed by atoms with van der Waals surface area (Å²) in [7, 11) is 0. The van der Waals surface area contributed by atoms with Crippen molar-refractivity contribution >= 4 is 33.4 Å². The number of nitrogens with one attached hydrogen (secondary N) is 1. The van der Waals surface area contributed by atoms with Gasteiger partial charge in [-0.25, -0.2) is 0 Å². The minimum Gasteiger partial charge on any atom is -0.389 e. The Morgan fingerprint density at radius 2 is 2.12 bits per heavy atom. The highest BCUT2D eigenvalue weighted by molar-refractivity contribution is 9.10. The number of carbonyl (C=O) groups excluding carboxylic acids is 1. The minimum atomic E-state index is -0.925. The Morgan fingerprint density at radius 1 is 1.50 bits per heavy atom. The Kier molecular flexibility index (Phi) is 4.35. The van der Waals surface area contributed by atoms with Crippen LogP contribution in [0.2, 0.25) is 5.02 Å². The molecule has 0 spiro atoms. The second kappa shape index (κ2) is 5.17. The van der Waals surface area contributed by atoms with Crippen LogP contribution in [0, 0.1) is 0 Å². The molecule has 0 atom stereocenters. The topological polar surface area (TPSA) is 49.3 Å². The predicted molar refractivity (Wildman–Crippen MR) is 67.8 cm³/mol. The molecule has 1 rings (SSSR count). The van der Waals surface area contributed by atoms with Crippen LogP contribution in [0.5, 0.6) is 0 Å². The molecule has 3 nitrogen and oxygen atoms in total. The van der Waals surface area contributed by atoms with Crippen molar-refractivity contribution in [2.24, 2.45) is 0 Å². The lowest BCUT2D eigenvalue weighted by molar-refractivity contribution is 0.0694. The van der Waals surface area contributed by atoms with E-state index in [1.165, 1.54) is 0 Å². The van der Waals surface area contributed by atoms with E-state index >= 15 is 0 Å². The summed E-state index contributed by atoms with van der Waals surface area (Å²) in [6.07, 6.45) is 0. The Bertz CT molecular complexity index is 381. The molecule has 0 aliphatic rings. The molecule has 1 aromatic rings. The molecule has 0 aliphatic heterocycles. The molecule has 0 bridgehead atoms. The lowest BCUT2D eigenvalue weighted by atomic mass is 10.1. The summed E-state index contributed by atoms with van der Waals surface area (Å²) in [4.78, 5) is 11.7. The average Bonchev–Trinajstić information content (AvgIpc) is 2.11. The van der Waals surface area contributed by atoms with E-state index in [0.29, 0.717) is 10.6 Å². The van der Waals surface area contributed by atoms with E-state index in [9.17, 15) is 9.90 Å². The molecule has 88 valence electrons.